The maximum atomic E-state index is 13.7. The number of halogens is 1. The van der Waals surface area contributed by atoms with Crippen LogP contribution in [0.2, 0.25) is 0 Å². The van der Waals surface area contributed by atoms with Crippen molar-refractivity contribution < 1.29 is 13.9 Å². The van der Waals surface area contributed by atoms with Gasteiger partial charge in [0.15, 0.2) is 5.96 Å². The molecule has 1 amide bonds. The molecule has 146 valence electrons. The van der Waals surface area contributed by atoms with E-state index in [0.717, 1.165) is 6.20 Å². The summed E-state index contributed by atoms with van der Waals surface area (Å²) in [5.41, 5.74) is 12.4. The van der Waals surface area contributed by atoms with E-state index in [0.29, 0.717) is 28.0 Å². The third kappa shape index (κ3) is 2.60. The van der Waals surface area contributed by atoms with E-state index < -0.39 is 11.4 Å². The van der Waals surface area contributed by atoms with Crippen LogP contribution in [-0.4, -0.2) is 28.8 Å². The number of guanidine groups is 1. The molecule has 1 unspecified atom stereocenters. The fraction of sp³-hybridized carbons (Fsp3) is 0.0952. The minimum absolute atomic E-state index is 0.0620. The zero-order valence-corrected chi connectivity index (χ0v) is 15.6. The van der Waals surface area contributed by atoms with Crippen LogP contribution < -0.4 is 16.2 Å². The second kappa shape index (κ2) is 6.59. The second-order valence-electron chi connectivity index (χ2n) is 6.60. The minimum atomic E-state index is -1.48. The van der Waals surface area contributed by atoms with Crippen molar-refractivity contribution in [2.24, 2.45) is 16.5 Å². The number of carbonyl (C=O) groups is 1. The number of ether oxygens (including phenoxy) is 1. The molecule has 0 saturated heterocycles. The van der Waals surface area contributed by atoms with Crippen molar-refractivity contribution in [3.63, 3.8) is 0 Å². The fourth-order valence-corrected chi connectivity index (χ4v) is 3.58. The summed E-state index contributed by atoms with van der Waals surface area (Å²) in [7, 11) is 1.54. The number of rotatable bonds is 2. The third-order valence-electron chi connectivity index (χ3n) is 4.96. The van der Waals surface area contributed by atoms with E-state index in [9.17, 15) is 9.18 Å². The van der Waals surface area contributed by atoms with Gasteiger partial charge in [0.1, 0.15) is 17.3 Å². The van der Waals surface area contributed by atoms with Gasteiger partial charge >= 0.3 is 0 Å². The van der Waals surface area contributed by atoms with Crippen molar-refractivity contribution in [1.82, 2.24) is 9.88 Å². The number of hydrogen-bond donors (Lipinski definition) is 2. The van der Waals surface area contributed by atoms with Crippen LogP contribution in [0.3, 0.4) is 0 Å². The van der Waals surface area contributed by atoms with Gasteiger partial charge in [-0.25, -0.2) is 9.38 Å². The lowest BCUT2D eigenvalue weighted by Gasteiger charge is -2.35. The van der Waals surface area contributed by atoms with Crippen molar-refractivity contribution in [1.29, 1.82) is 0 Å². The molecule has 0 bridgehead atoms. The van der Waals surface area contributed by atoms with Crippen LogP contribution in [0.1, 0.15) is 5.56 Å². The SMILES string of the molecule is C=CC=C1/C(=C\N)Oc2ccc(-c3cncc(F)c3)cc2C12N=C(N)N(C)C2=O. The van der Waals surface area contributed by atoms with Gasteiger partial charge in [0.25, 0.3) is 5.91 Å². The summed E-state index contributed by atoms with van der Waals surface area (Å²) in [5.74, 6) is -0.0896. The Labute approximate surface area is 166 Å². The molecular weight excluding hydrogens is 373 g/mol. The Kier molecular flexibility index (Phi) is 4.19. The number of amides is 1. The van der Waals surface area contributed by atoms with Gasteiger partial charge in [-0.05, 0) is 23.8 Å². The second-order valence-corrected chi connectivity index (χ2v) is 6.60. The zero-order chi connectivity index (χ0) is 20.8. The predicted octanol–water partition coefficient (Wildman–Crippen LogP) is 2.17. The molecule has 3 heterocycles. The molecule has 7 nitrogen and oxygen atoms in total. The van der Waals surface area contributed by atoms with Crippen LogP contribution in [0.4, 0.5) is 4.39 Å². The molecule has 2 aliphatic rings. The molecule has 2 aliphatic heterocycles. The van der Waals surface area contributed by atoms with E-state index in [1.807, 2.05) is 0 Å². The van der Waals surface area contributed by atoms with E-state index in [1.54, 1.807) is 31.3 Å². The van der Waals surface area contributed by atoms with E-state index in [4.69, 9.17) is 16.2 Å². The molecule has 4 rings (SSSR count). The van der Waals surface area contributed by atoms with Gasteiger partial charge in [-0.3, -0.25) is 14.7 Å². The number of carbonyl (C=O) groups excluding carboxylic acids is 1. The average Bonchev–Trinajstić information content (AvgIpc) is 2.94. The first kappa shape index (κ1) is 18.4. The maximum Gasteiger partial charge on any atom is 0.266 e. The van der Waals surface area contributed by atoms with E-state index in [2.05, 4.69) is 16.6 Å². The predicted molar refractivity (Wildman–Crippen MR) is 107 cm³/mol. The summed E-state index contributed by atoms with van der Waals surface area (Å²) in [6, 6.07) is 6.51. The number of hydrogen-bond acceptors (Lipinski definition) is 6. The van der Waals surface area contributed by atoms with Crippen molar-refractivity contribution in [2.45, 2.75) is 5.54 Å². The topological polar surface area (TPSA) is 107 Å². The largest absolute Gasteiger partial charge is 0.455 e. The normalized spacial score (nSPS) is 23.3. The zero-order valence-electron chi connectivity index (χ0n) is 15.6. The van der Waals surface area contributed by atoms with Gasteiger partial charge in [-0.15, -0.1) is 0 Å². The summed E-state index contributed by atoms with van der Waals surface area (Å²) >= 11 is 0. The maximum absolute atomic E-state index is 13.7. The molecule has 0 aliphatic carbocycles. The van der Waals surface area contributed by atoms with Crippen molar-refractivity contribution in [3.05, 3.63) is 84.3 Å². The molecule has 29 heavy (non-hydrogen) atoms. The molecule has 8 heteroatoms. The van der Waals surface area contributed by atoms with Gasteiger partial charge in [-0.2, -0.15) is 0 Å². The van der Waals surface area contributed by atoms with Crippen LogP contribution in [0, 0.1) is 5.82 Å². The van der Waals surface area contributed by atoms with E-state index in [1.165, 1.54) is 29.4 Å². The summed E-state index contributed by atoms with van der Waals surface area (Å²) in [5, 5.41) is 0. The number of likely N-dealkylation sites (N-methyl/N-ethyl adjacent to an activating group) is 1. The number of allylic oxidation sites excluding steroid dienone is 2. The molecule has 1 aromatic heterocycles. The Hall–Kier alpha value is -3.94. The highest BCUT2D eigenvalue weighted by molar-refractivity contribution is 6.10. The standard InChI is InChI=1S/C21H18FN5O2/c1-3-4-15-18(9-23)29-17-6-5-12(13-7-14(22)11-25-10-13)8-16(17)21(15)19(28)27(2)20(24)26-21/h3-11H,1,23H2,2H3,(H2,24,26)/b15-4?,18-9+. The number of benzene rings is 1. The van der Waals surface area contributed by atoms with Crippen LogP contribution >= 0.6 is 0 Å². The monoisotopic (exact) mass is 391 g/mol. The van der Waals surface area contributed by atoms with E-state index in [-0.39, 0.29) is 17.6 Å². The number of fused-ring (bicyclic) bond motifs is 2. The Morgan fingerprint density at radius 3 is 2.69 bits per heavy atom. The first-order valence-corrected chi connectivity index (χ1v) is 8.74. The van der Waals surface area contributed by atoms with Crippen LogP contribution in [0.25, 0.3) is 11.1 Å². The number of nitrogens with zero attached hydrogens (tertiary/aromatic N) is 3. The number of nitrogens with two attached hydrogens (primary N) is 2. The lowest BCUT2D eigenvalue weighted by Crippen LogP contribution is -2.44. The first-order chi connectivity index (χ1) is 13.9. The van der Waals surface area contributed by atoms with Crippen molar-refractivity contribution >= 4 is 11.9 Å². The van der Waals surface area contributed by atoms with Gasteiger partial charge < -0.3 is 16.2 Å². The van der Waals surface area contributed by atoms with Crippen LogP contribution in [-0.2, 0) is 10.3 Å². The highest BCUT2D eigenvalue weighted by atomic mass is 19.1. The molecule has 0 fully saturated rings. The fourth-order valence-electron chi connectivity index (χ4n) is 3.58. The molecule has 0 saturated carbocycles. The molecule has 1 spiro atoms. The number of aliphatic imine (C=N–C) groups is 1. The molecule has 0 radical (unpaired) electrons. The van der Waals surface area contributed by atoms with E-state index >= 15 is 0 Å². The lowest BCUT2D eigenvalue weighted by molar-refractivity contribution is -0.129. The Morgan fingerprint density at radius 1 is 1.28 bits per heavy atom. The summed E-state index contributed by atoms with van der Waals surface area (Å²) in [6.07, 6.45) is 7.06. The van der Waals surface area contributed by atoms with Gasteiger partial charge in [0, 0.05) is 36.1 Å². The quantitative estimate of drug-likeness (QED) is 0.816. The highest BCUT2D eigenvalue weighted by Gasteiger charge is 2.55. The summed E-state index contributed by atoms with van der Waals surface area (Å²) in [6.45, 7) is 3.72. The van der Waals surface area contributed by atoms with Crippen molar-refractivity contribution in [3.8, 4) is 16.9 Å². The summed E-state index contributed by atoms with van der Waals surface area (Å²) < 4.78 is 19.6. The Bertz CT molecular complexity index is 1140. The Balaban J connectivity index is 2.03. The molecule has 2 aromatic rings. The smallest absolute Gasteiger partial charge is 0.266 e. The highest BCUT2D eigenvalue weighted by Crippen LogP contribution is 2.51. The number of pyridine rings is 1. The molecule has 1 atom stereocenters. The van der Waals surface area contributed by atoms with Gasteiger partial charge in [0.05, 0.1) is 6.20 Å². The van der Waals surface area contributed by atoms with Crippen LogP contribution in [0.5, 0.6) is 5.75 Å². The first-order valence-electron chi connectivity index (χ1n) is 8.74. The molecule has 1 aromatic carbocycles. The molecular formula is C21H18FN5O2. The van der Waals surface area contributed by atoms with Crippen molar-refractivity contribution in [2.75, 3.05) is 7.05 Å². The average molecular weight is 391 g/mol. The Morgan fingerprint density at radius 2 is 2.07 bits per heavy atom. The third-order valence-corrected chi connectivity index (χ3v) is 4.96. The molecule has 4 N–H and O–H groups in total. The summed E-state index contributed by atoms with van der Waals surface area (Å²) in [4.78, 5) is 23.1. The lowest BCUT2D eigenvalue weighted by atomic mass is 9.78. The minimum Gasteiger partial charge on any atom is -0.455 e. The van der Waals surface area contributed by atoms with Gasteiger partial charge in [0.2, 0.25) is 5.54 Å². The van der Waals surface area contributed by atoms with Gasteiger partial charge in [-0.1, -0.05) is 24.8 Å². The number of aromatic nitrogens is 1. The van der Waals surface area contributed by atoms with Crippen LogP contribution in [0.15, 0.2) is 77.9 Å².